The van der Waals surface area contributed by atoms with Gasteiger partial charge in [0.05, 0.1) is 6.26 Å². The third-order valence-electron chi connectivity index (χ3n) is 4.02. The van der Waals surface area contributed by atoms with E-state index in [1.807, 2.05) is 6.07 Å². The molecule has 3 rings (SSSR count). The van der Waals surface area contributed by atoms with Crippen molar-refractivity contribution in [2.45, 2.75) is 18.9 Å². The van der Waals surface area contributed by atoms with Crippen molar-refractivity contribution >= 4 is 38.4 Å². The minimum Gasteiger partial charge on any atom is -0.350 e. The van der Waals surface area contributed by atoms with E-state index >= 15 is 0 Å². The molecule has 0 spiro atoms. The molecule has 0 bridgehead atoms. The number of nitrogens with one attached hydrogen (secondary N) is 2. The second-order valence-corrected chi connectivity index (χ2v) is 8.27. The SMILES string of the molecule is CS(=O)(=O)N1CCCC(NC(=O)c2cc3ccc(Cl)cc3[nH]2)C1. The zero-order valence-corrected chi connectivity index (χ0v) is 14.2. The average Bonchev–Trinajstić information content (AvgIpc) is 2.90. The van der Waals surface area contributed by atoms with Crippen molar-refractivity contribution in [3.05, 3.63) is 35.0 Å². The number of aromatic amines is 1. The number of carbonyl (C=O) groups is 1. The number of H-pyrrole nitrogens is 1. The minimum atomic E-state index is -3.22. The number of amides is 1. The average molecular weight is 356 g/mol. The van der Waals surface area contributed by atoms with E-state index in [1.165, 1.54) is 10.6 Å². The lowest BCUT2D eigenvalue weighted by molar-refractivity contribution is 0.0917. The Balaban J connectivity index is 1.72. The first-order valence-electron chi connectivity index (χ1n) is 7.37. The number of hydrogen-bond donors (Lipinski definition) is 2. The molecule has 1 unspecified atom stereocenters. The van der Waals surface area contributed by atoms with Crippen LogP contribution >= 0.6 is 11.6 Å². The van der Waals surface area contributed by atoms with Crippen molar-refractivity contribution in [3.63, 3.8) is 0 Å². The second-order valence-electron chi connectivity index (χ2n) is 5.85. The molecule has 1 amide bonds. The minimum absolute atomic E-state index is 0.180. The van der Waals surface area contributed by atoms with Gasteiger partial charge in [0, 0.05) is 35.1 Å². The summed E-state index contributed by atoms with van der Waals surface area (Å²) in [5.74, 6) is -0.238. The van der Waals surface area contributed by atoms with Gasteiger partial charge in [-0.05, 0) is 31.0 Å². The molecule has 23 heavy (non-hydrogen) atoms. The fraction of sp³-hybridized carbons (Fsp3) is 0.400. The van der Waals surface area contributed by atoms with Gasteiger partial charge in [-0.1, -0.05) is 17.7 Å². The molecule has 1 aliphatic heterocycles. The lowest BCUT2D eigenvalue weighted by Gasteiger charge is -2.31. The molecular weight excluding hydrogens is 338 g/mol. The molecule has 2 aromatic rings. The Morgan fingerprint density at radius 2 is 2.17 bits per heavy atom. The van der Waals surface area contributed by atoms with Gasteiger partial charge in [-0.15, -0.1) is 0 Å². The van der Waals surface area contributed by atoms with Crippen molar-refractivity contribution in [2.75, 3.05) is 19.3 Å². The van der Waals surface area contributed by atoms with Crippen LogP contribution in [0, 0.1) is 0 Å². The van der Waals surface area contributed by atoms with E-state index in [2.05, 4.69) is 10.3 Å². The van der Waals surface area contributed by atoms with Gasteiger partial charge < -0.3 is 10.3 Å². The first kappa shape index (κ1) is 16.3. The van der Waals surface area contributed by atoms with Crippen molar-refractivity contribution in [2.24, 2.45) is 0 Å². The van der Waals surface area contributed by atoms with E-state index < -0.39 is 10.0 Å². The third-order valence-corrected chi connectivity index (χ3v) is 5.52. The lowest BCUT2D eigenvalue weighted by Crippen LogP contribution is -2.49. The fourth-order valence-electron chi connectivity index (χ4n) is 2.85. The summed E-state index contributed by atoms with van der Waals surface area (Å²) in [6, 6.07) is 6.96. The Labute approximate surface area is 139 Å². The zero-order valence-electron chi connectivity index (χ0n) is 12.7. The number of rotatable bonds is 3. The number of carbonyl (C=O) groups excluding carboxylic acids is 1. The first-order valence-corrected chi connectivity index (χ1v) is 9.60. The fourth-order valence-corrected chi connectivity index (χ4v) is 3.93. The van der Waals surface area contributed by atoms with Gasteiger partial charge in [0.1, 0.15) is 5.69 Å². The number of benzene rings is 1. The number of sulfonamides is 1. The largest absolute Gasteiger partial charge is 0.350 e. The Kier molecular flexibility index (Phi) is 4.35. The van der Waals surface area contributed by atoms with Crippen LogP contribution < -0.4 is 5.32 Å². The van der Waals surface area contributed by atoms with E-state index in [0.717, 1.165) is 23.7 Å². The molecule has 0 radical (unpaired) electrons. The van der Waals surface area contributed by atoms with Crippen LogP contribution in [0.25, 0.3) is 10.9 Å². The molecule has 2 heterocycles. The summed E-state index contributed by atoms with van der Waals surface area (Å²) < 4.78 is 24.7. The summed E-state index contributed by atoms with van der Waals surface area (Å²) in [4.78, 5) is 15.4. The van der Waals surface area contributed by atoms with Crippen molar-refractivity contribution in [3.8, 4) is 0 Å². The van der Waals surface area contributed by atoms with E-state index in [9.17, 15) is 13.2 Å². The highest BCUT2D eigenvalue weighted by Gasteiger charge is 2.27. The maximum Gasteiger partial charge on any atom is 0.267 e. The van der Waals surface area contributed by atoms with Crippen LogP contribution in [0.5, 0.6) is 0 Å². The Morgan fingerprint density at radius 1 is 1.39 bits per heavy atom. The lowest BCUT2D eigenvalue weighted by atomic mass is 10.1. The molecule has 124 valence electrons. The van der Waals surface area contributed by atoms with Gasteiger partial charge in [0.2, 0.25) is 10.0 Å². The maximum absolute atomic E-state index is 12.4. The highest BCUT2D eigenvalue weighted by Crippen LogP contribution is 2.20. The first-order chi connectivity index (χ1) is 10.8. The maximum atomic E-state index is 12.4. The normalized spacial score (nSPS) is 19.8. The van der Waals surface area contributed by atoms with Gasteiger partial charge in [-0.25, -0.2) is 12.7 Å². The Bertz CT molecular complexity index is 847. The molecule has 1 aliphatic rings. The van der Waals surface area contributed by atoms with E-state index in [-0.39, 0.29) is 11.9 Å². The van der Waals surface area contributed by atoms with Crippen LogP contribution in [0.1, 0.15) is 23.3 Å². The van der Waals surface area contributed by atoms with Crippen LogP contribution in [-0.4, -0.2) is 49.0 Å². The predicted molar refractivity (Wildman–Crippen MR) is 90.2 cm³/mol. The predicted octanol–water partition coefficient (Wildman–Crippen LogP) is 1.98. The zero-order chi connectivity index (χ0) is 16.6. The number of fused-ring (bicyclic) bond motifs is 1. The number of nitrogens with zero attached hydrogens (tertiary/aromatic N) is 1. The number of hydrogen-bond acceptors (Lipinski definition) is 3. The Hall–Kier alpha value is -1.57. The smallest absolute Gasteiger partial charge is 0.267 e. The molecule has 6 nitrogen and oxygen atoms in total. The quantitative estimate of drug-likeness (QED) is 0.883. The standard InChI is InChI=1S/C15H18ClN3O3S/c1-23(21,22)19-6-2-3-12(9-19)17-15(20)14-7-10-4-5-11(16)8-13(10)18-14/h4-5,7-8,12,18H,2-3,6,9H2,1H3,(H,17,20). The van der Waals surface area contributed by atoms with Crippen LogP contribution in [-0.2, 0) is 10.0 Å². The van der Waals surface area contributed by atoms with Crippen molar-refractivity contribution < 1.29 is 13.2 Å². The summed E-state index contributed by atoms with van der Waals surface area (Å²) in [6.45, 7) is 0.826. The van der Waals surface area contributed by atoms with Crippen LogP contribution in [0.3, 0.4) is 0 Å². The van der Waals surface area contributed by atoms with Gasteiger partial charge >= 0.3 is 0 Å². The Morgan fingerprint density at radius 3 is 2.91 bits per heavy atom. The molecule has 1 fully saturated rings. The summed E-state index contributed by atoms with van der Waals surface area (Å²) in [6.07, 6.45) is 2.70. The number of piperidine rings is 1. The molecule has 0 saturated carbocycles. The van der Waals surface area contributed by atoms with Crippen LogP contribution in [0.4, 0.5) is 0 Å². The van der Waals surface area contributed by atoms with E-state index in [1.54, 1.807) is 18.2 Å². The van der Waals surface area contributed by atoms with Gasteiger partial charge in [0.25, 0.3) is 5.91 Å². The highest BCUT2D eigenvalue weighted by atomic mass is 35.5. The van der Waals surface area contributed by atoms with Crippen LogP contribution in [0.15, 0.2) is 24.3 Å². The monoisotopic (exact) mass is 355 g/mol. The molecule has 1 aromatic carbocycles. The second kappa shape index (κ2) is 6.14. The molecule has 8 heteroatoms. The summed E-state index contributed by atoms with van der Waals surface area (Å²) in [5, 5.41) is 4.41. The van der Waals surface area contributed by atoms with Crippen molar-refractivity contribution in [1.82, 2.24) is 14.6 Å². The highest BCUT2D eigenvalue weighted by molar-refractivity contribution is 7.88. The summed E-state index contributed by atoms with van der Waals surface area (Å²) in [7, 11) is -3.22. The molecular formula is C15H18ClN3O3S. The summed E-state index contributed by atoms with van der Waals surface area (Å²) >= 11 is 5.94. The molecule has 1 aromatic heterocycles. The number of aromatic nitrogens is 1. The molecule has 1 saturated heterocycles. The van der Waals surface area contributed by atoms with E-state index in [4.69, 9.17) is 11.6 Å². The number of halogens is 1. The van der Waals surface area contributed by atoms with E-state index in [0.29, 0.717) is 23.8 Å². The molecule has 0 aliphatic carbocycles. The van der Waals surface area contributed by atoms with Crippen molar-refractivity contribution in [1.29, 1.82) is 0 Å². The molecule has 2 N–H and O–H groups in total. The third kappa shape index (κ3) is 3.68. The van der Waals surface area contributed by atoms with Gasteiger partial charge in [-0.2, -0.15) is 0 Å². The topological polar surface area (TPSA) is 82.3 Å². The van der Waals surface area contributed by atoms with Crippen LogP contribution in [0.2, 0.25) is 5.02 Å². The summed E-state index contributed by atoms with van der Waals surface area (Å²) in [5.41, 5.74) is 1.24. The molecule has 1 atom stereocenters. The van der Waals surface area contributed by atoms with Gasteiger partial charge in [-0.3, -0.25) is 4.79 Å². The van der Waals surface area contributed by atoms with Gasteiger partial charge in [0.15, 0.2) is 0 Å².